The minimum atomic E-state index is 0.701. The Hall–Kier alpha value is -1.22. The van der Waals surface area contributed by atoms with Crippen molar-refractivity contribution in [3.63, 3.8) is 0 Å². The van der Waals surface area contributed by atoms with Crippen LogP contribution in [-0.2, 0) is 0 Å². The van der Waals surface area contributed by atoms with Crippen molar-refractivity contribution >= 4 is 5.69 Å². The van der Waals surface area contributed by atoms with Crippen molar-refractivity contribution < 1.29 is 4.74 Å². The molecule has 2 aliphatic rings. The minimum Gasteiger partial charge on any atom is -0.497 e. The second-order valence-electron chi connectivity index (χ2n) is 5.90. The van der Waals surface area contributed by atoms with Crippen LogP contribution in [-0.4, -0.2) is 32.3 Å². The van der Waals surface area contributed by atoms with Gasteiger partial charge in [-0.1, -0.05) is 0 Å². The normalized spacial score (nSPS) is 29.6. The monoisotopic (exact) mass is 260 g/mol. The van der Waals surface area contributed by atoms with Crippen LogP contribution in [0.3, 0.4) is 0 Å². The number of hydrogen-bond donors (Lipinski definition) is 1. The Morgan fingerprint density at radius 1 is 1.21 bits per heavy atom. The molecule has 0 aromatic heterocycles. The predicted molar refractivity (Wildman–Crippen MR) is 79.1 cm³/mol. The molecule has 1 aromatic rings. The summed E-state index contributed by atoms with van der Waals surface area (Å²) in [5.74, 6) is 0.957. The van der Waals surface area contributed by atoms with Crippen LogP contribution in [0.5, 0.6) is 5.75 Å². The van der Waals surface area contributed by atoms with E-state index in [2.05, 4.69) is 42.4 Å². The number of hydrogen-bond acceptors (Lipinski definition) is 3. The fourth-order valence-corrected chi connectivity index (χ4v) is 3.85. The highest BCUT2D eigenvalue weighted by Gasteiger charge is 2.40. The number of piperidine rings is 1. The molecule has 3 nitrogen and oxygen atoms in total. The molecule has 104 valence electrons. The highest BCUT2D eigenvalue weighted by molar-refractivity contribution is 5.58. The van der Waals surface area contributed by atoms with Crippen molar-refractivity contribution in [3.8, 4) is 5.75 Å². The topological polar surface area (TPSA) is 24.5 Å². The lowest BCUT2D eigenvalue weighted by molar-refractivity contribution is 0.373. The quantitative estimate of drug-likeness (QED) is 0.904. The first kappa shape index (κ1) is 12.8. The van der Waals surface area contributed by atoms with E-state index in [9.17, 15) is 0 Å². The van der Waals surface area contributed by atoms with E-state index in [0.717, 1.165) is 5.75 Å². The molecule has 2 saturated heterocycles. The zero-order chi connectivity index (χ0) is 13.4. The number of aryl methyl sites for hydroxylation is 1. The van der Waals surface area contributed by atoms with Gasteiger partial charge in [0, 0.05) is 23.8 Å². The van der Waals surface area contributed by atoms with E-state index >= 15 is 0 Å². The molecule has 0 saturated carbocycles. The minimum absolute atomic E-state index is 0.701. The predicted octanol–water partition coefficient (Wildman–Crippen LogP) is 2.72. The van der Waals surface area contributed by atoms with Crippen LogP contribution in [0.15, 0.2) is 18.2 Å². The molecule has 2 heterocycles. The van der Waals surface area contributed by atoms with Gasteiger partial charge < -0.3 is 15.0 Å². The summed E-state index contributed by atoms with van der Waals surface area (Å²) in [7, 11) is 3.83. The van der Waals surface area contributed by atoms with Crippen molar-refractivity contribution in [2.45, 2.75) is 50.7 Å². The molecule has 0 aliphatic carbocycles. The molecule has 1 N–H and O–H groups in total. The molecule has 0 spiro atoms. The second kappa shape index (κ2) is 5.04. The van der Waals surface area contributed by atoms with Gasteiger partial charge in [0.25, 0.3) is 0 Å². The van der Waals surface area contributed by atoms with Crippen molar-refractivity contribution in [2.75, 3.05) is 19.1 Å². The van der Waals surface area contributed by atoms with Gasteiger partial charge in [0.2, 0.25) is 0 Å². The van der Waals surface area contributed by atoms with Gasteiger partial charge >= 0.3 is 0 Å². The summed E-state index contributed by atoms with van der Waals surface area (Å²) >= 11 is 0. The van der Waals surface area contributed by atoms with E-state index in [0.29, 0.717) is 18.1 Å². The summed E-state index contributed by atoms with van der Waals surface area (Å²) < 4.78 is 5.31. The Balaban J connectivity index is 1.87. The van der Waals surface area contributed by atoms with Gasteiger partial charge in [-0.2, -0.15) is 0 Å². The van der Waals surface area contributed by atoms with Crippen LogP contribution in [0.1, 0.15) is 31.2 Å². The third-order valence-electron chi connectivity index (χ3n) is 4.82. The maximum atomic E-state index is 5.31. The van der Waals surface area contributed by atoms with E-state index < -0.39 is 0 Å². The van der Waals surface area contributed by atoms with E-state index in [-0.39, 0.29) is 0 Å². The Labute approximate surface area is 115 Å². The fraction of sp³-hybridized carbons (Fsp3) is 0.625. The first-order chi connectivity index (χ1) is 9.22. The van der Waals surface area contributed by atoms with Crippen molar-refractivity contribution in [3.05, 3.63) is 23.8 Å². The van der Waals surface area contributed by atoms with Gasteiger partial charge in [-0.15, -0.1) is 0 Å². The Morgan fingerprint density at radius 2 is 1.89 bits per heavy atom. The number of nitrogens with one attached hydrogen (secondary N) is 1. The van der Waals surface area contributed by atoms with Crippen LogP contribution >= 0.6 is 0 Å². The van der Waals surface area contributed by atoms with Gasteiger partial charge in [-0.25, -0.2) is 0 Å². The van der Waals surface area contributed by atoms with Gasteiger partial charge in [-0.05, 0) is 63.4 Å². The fourth-order valence-electron chi connectivity index (χ4n) is 3.85. The summed E-state index contributed by atoms with van der Waals surface area (Å²) in [5, 5.41) is 3.46. The van der Waals surface area contributed by atoms with Gasteiger partial charge in [-0.3, -0.25) is 0 Å². The lowest BCUT2D eigenvalue weighted by Crippen LogP contribution is -2.48. The molecule has 0 amide bonds. The zero-order valence-corrected chi connectivity index (χ0v) is 12.1. The molecule has 3 heteroatoms. The van der Waals surface area contributed by atoms with Crippen molar-refractivity contribution in [1.29, 1.82) is 0 Å². The third-order valence-corrected chi connectivity index (χ3v) is 4.82. The van der Waals surface area contributed by atoms with Crippen molar-refractivity contribution in [2.24, 2.45) is 0 Å². The number of fused-ring (bicyclic) bond motifs is 2. The highest BCUT2D eigenvalue weighted by Crippen LogP contribution is 2.41. The van der Waals surface area contributed by atoms with Crippen LogP contribution in [0, 0.1) is 6.92 Å². The summed E-state index contributed by atoms with van der Waals surface area (Å²) in [4.78, 5) is 2.67. The molecule has 0 radical (unpaired) electrons. The molecule has 19 heavy (non-hydrogen) atoms. The average Bonchev–Trinajstić information content (AvgIpc) is 2.69. The summed E-state index contributed by atoms with van der Waals surface area (Å²) in [6, 6.07) is 8.60. The number of anilines is 1. The molecule has 3 rings (SSSR count). The lowest BCUT2D eigenvalue weighted by atomic mass is 9.96. The Bertz CT molecular complexity index is 446. The van der Waals surface area contributed by atoms with Crippen LogP contribution in [0.4, 0.5) is 5.69 Å². The molecular weight excluding hydrogens is 236 g/mol. The van der Waals surface area contributed by atoms with E-state index in [1.807, 2.05) is 0 Å². The standard InChI is InChI=1S/C16H24N2O/c1-11-8-15(19-3)6-7-16(11)18-13-4-5-14(18)10-12(9-13)17-2/h6-8,12-14,17H,4-5,9-10H2,1-3H3. The van der Waals surface area contributed by atoms with Crippen LogP contribution < -0.4 is 15.0 Å². The largest absolute Gasteiger partial charge is 0.497 e. The second-order valence-corrected chi connectivity index (χ2v) is 5.90. The molecule has 2 aliphatic heterocycles. The van der Waals surface area contributed by atoms with Crippen molar-refractivity contribution in [1.82, 2.24) is 5.32 Å². The Kier molecular flexibility index (Phi) is 3.40. The highest BCUT2D eigenvalue weighted by atomic mass is 16.5. The molecule has 2 bridgehead atoms. The van der Waals surface area contributed by atoms with Gasteiger partial charge in [0.05, 0.1) is 7.11 Å². The lowest BCUT2D eigenvalue weighted by Gasteiger charge is -2.41. The summed E-state index contributed by atoms with van der Waals surface area (Å²) in [5.41, 5.74) is 2.74. The molecular formula is C16H24N2O. The summed E-state index contributed by atoms with van der Waals surface area (Å²) in [6.07, 6.45) is 5.24. The zero-order valence-electron chi connectivity index (χ0n) is 12.1. The molecule has 2 fully saturated rings. The number of methoxy groups -OCH3 is 1. The molecule has 1 aromatic carbocycles. The average molecular weight is 260 g/mol. The SMILES string of the molecule is CNC1CC2CCC(C1)N2c1ccc(OC)cc1C. The first-order valence-corrected chi connectivity index (χ1v) is 7.33. The van der Waals surface area contributed by atoms with Gasteiger partial charge in [0.1, 0.15) is 5.75 Å². The number of benzene rings is 1. The van der Waals surface area contributed by atoms with Crippen LogP contribution in [0.2, 0.25) is 0 Å². The van der Waals surface area contributed by atoms with E-state index in [1.54, 1.807) is 7.11 Å². The van der Waals surface area contributed by atoms with E-state index in [1.165, 1.54) is 36.9 Å². The van der Waals surface area contributed by atoms with Gasteiger partial charge in [0.15, 0.2) is 0 Å². The summed E-state index contributed by atoms with van der Waals surface area (Å²) in [6.45, 7) is 2.20. The maximum Gasteiger partial charge on any atom is 0.119 e. The third kappa shape index (κ3) is 2.20. The first-order valence-electron chi connectivity index (χ1n) is 7.33. The molecule has 2 unspecified atom stereocenters. The number of ether oxygens (including phenoxy) is 1. The maximum absolute atomic E-state index is 5.31. The van der Waals surface area contributed by atoms with E-state index in [4.69, 9.17) is 4.74 Å². The Morgan fingerprint density at radius 3 is 2.42 bits per heavy atom. The number of rotatable bonds is 3. The smallest absolute Gasteiger partial charge is 0.119 e. The molecule has 2 atom stereocenters. The number of nitrogens with zero attached hydrogens (tertiary/aromatic N) is 1. The van der Waals surface area contributed by atoms with Crippen LogP contribution in [0.25, 0.3) is 0 Å².